The van der Waals surface area contributed by atoms with E-state index in [1.54, 1.807) is 13.0 Å². The zero-order valence-corrected chi connectivity index (χ0v) is 9.95. The van der Waals surface area contributed by atoms with E-state index in [1.165, 1.54) is 0 Å². The van der Waals surface area contributed by atoms with Gasteiger partial charge in [0.2, 0.25) is 0 Å². The maximum atomic E-state index is 9.44. The van der Waals surface area contributed by atoms with Gasteiger partial charge in [-0.15, -0.1) is 0 Å². The Morgan fingerprint density at radius 2 is 2.38 bits per heavy atom. The molecule has 1 aliphatic heterocycles. The van der Waals surface area contributed by atoms with Crippen molar-refractivity contribution in [3.8, 4) is 5.75 Å². The molecule has 0 aromatic heterocycles. The van der Waals surface area contributed by atoms with Crippen molar-refractivity contribution < 1.29 is 9.84 Å². The zero-order chi connectivity index (χ0) is 11.5. The van der Waals surface area contributed by atoms with Gasteiger partial charge in [0.15, 0.2) is 0 Å². The Morgan fingerprint density at radius 3 is 3.00 bits per heavy atom. The molecule has 0 spiro atoms. The first-order valence-electron chi connectivity index (χ1n) is 5.49. The SMILES string of the molecule is CC(O)C1CC(Oc2cccc(Cl)c2)CN1. The third-order valence-electron chi connectivity index (χ3n) is 2.81. The van der Waals surface area contributed by atoms with Crippen molar-refractivity contribution in [2.75, 3.05) is 6.54 Å². The second kappa shape index (κ2) is 5.04. The van der Waals surface area contributed by atoms with Crippen LogP contribution in [0.25, 0.3) is 0 Å². The van der Waals surface area contributed by atoms with Crippen LogP contribution in [0.2, 0.25) is 5.02 Å². The molecule has 0 saturated carbocycles. The molecule has 16 heavy (non-hydrogen) atoms. The number of hydrogen-bond donors (Lipinski definition) is 2. The average molecular weight is 242 g/mol. The molecule has 3 atom stereocenters. The fourth-order valence-electron chi connectivity index (χ4n) is 1.92. The van der Waals surface area contributed by atoms with Crippen molar-refractivity contribution in [3.05, 3.63) is 29.3 Å². The van der Waals surface area contributed by atoms with Gasteiger partial charge in [-0.1, -0.05) is 17.7 Å². The van der Waals surface area contributed by atoms with Crippen LogP contribution in [0, 0.1) is 0 Å². The predicted molar refractivity (Wildman–Crippen MR) is 64.0 cm³/mol. The summed E-state index contributed by atoms with van der Waals surface area (Å²) in [7, 11) is 0. The minimum atomic E-state index is -0.340. The van der Waals surface area contributed by atoms with Crippen molar-refractivity contribution in [1.82, 2.24) is 5.32 Å². The highest BCUT2D eigenvalue weighted by Crippen LogP contribution is 2.21. The Morgan fingerprint density at radius 1 is 1.56 bits per heavy atom. The van der Waals surface area contributed by atoms with Gasteiger partial charge in [-0.05, 0) is 25.1 Å². The van der Waals surface area contributed by atoms with Crippen LogP contribution in [-0.2, 0) is 0 Å². The summed E-state index contributed by atoms with van der Waals surface area (Å²) in [6, 6.07) is 7.51. The first-order valence-corrected chi connectivity index (χ1v) is 5.86. The molecule has 0 aliphatic carbocycles. The fourth-order valence-corrected chi connectivity index (χ4v) is 2.10. The largest absolute Gasteiger partial charge is 0.489 e. The smallest absolute Gasteiger partial charge is 0.121 e. The van der Waals surface area contributed by atoms with E-state index in [9.17, 15) is 5.11 Å². The number of nitrogens with one attached hydrogen (secondary N) is 1. The van der Waals surface area contributed by atoms with Crippen LogP contribution in [0.5, 0.6) is 5.75 Å². The summed E-state index contributed by atoms with van der Waals surface area (Å²) < 4.78 is 5.78. The van der Waals surface area contributed by atoms with E-state index in [-0.39, 0.29) is 18.2 Å². The summed E-state index contributed by atoms with van der Waals surface area (Å²) >= 11 is 5.87. The number of rotatable bonds is 3. The lowest BCUT2D eigenvalue weighted by atomic mass is 10.1. The molecule has 2 rings (SSSR count). The molecule has 1 saturated heterocycles. The van der Waals surface area contributed by atoms with E-state index in [4.69, 9.17) is 16.3 Å². The first kappa shape index (κ1) is 11.7. The highest BCUT2D eigenvalue weighted by atomic mass is 35.5. The molecule has 3 nitrogen and oxygen atoms in total. The van der Waals surface area contributed by atoms with E-state index in [0.29, 0.717) is 5.02 Å². The van der Waals surface area contributed by atoms with E-state index < -0.39 is 0 Å². The molecule has 4 heteroatoms. The molecule has 0 radical (unpaired) electrons. The zero-order valence-electron chi connectivity index (χ0n) is 9.19. The summed E-state index contributed by atoms with van der Waals surface area (Å²) in [4.78, 5) is 0. The lowest BCUT2D eigenvalue weighted by Gasteiger charge is -2.14. The quantitative estimate of drug-likeness (QED) is 0.849. The first-order chi connectivity index (χ1) is 7.65. The van der Waals surface area contributed by atoms with Crippen molar-refractivity contribution in [1.29, 1.82) is 0 Å². The maximum absolute atomic E-state index is 9.44. The standard InChI is InChI=1S/C12H16ClNO2/c1-8(15)12-6-11(7-14-12)16-10-4-2-3-9(13)5-10/h2-5,8,11-12,14-15H,6-7H2,1H3. The van der Waals surface area contributed by atoms with Crippen LogP contribution >= 0.6 is 11.6 Å². The third-order valence-corrected chi connectivity index (χ3v) is 3.04. The predicted octanol–water partition coefficient (Wildman–Crippen LogP) is 1.83. The highest BCUT2D eigenvalue weighted by Gasteiger charge is 2.28. The fraction of sp³-hybridized carbons (Fsp3) is 0.500. The van der Waals surface area contributed by atoms with Gasteiger partial charge in [-0.25, -0.2) is 0 Å². The number of hydrogen-bond acceptors (Lipinski definition) is 3. The molecule has 1 fully saturated rings. The summed E-state index contributed by atoms with van der Waals surface area (Å²) in [5.74, 6) is 0.783. The van der Waals surface area contributed by atoms with Gasteiger partial charge in [-0.2, -0.15) is 0 Å². The Bertz CT molecular complexity index is 357. The Balaban J connectivity index is 1.92. The summed E-state index contributed by atoms with van der Waals surface area (Å²) in [5, 5.41) is 13.4. The van der Waals surface area contributed by atoms with Crippen LogP contribution in [0.4, 0.5) is 0 Å². The van der Waals surface area contributed by atoms with E-state index >= 15 is 0 Å². The van der Waals surface area contributed by atoms with Crippen molar-refractivity contribution >= 4 is 11.6 Å². The number of ether oxygens (including phenoxy) is 1. The van der Waals surface area contributed by atoms with Crippen LogP contribution < -0.4 is 10.1 Å². The topological polar surface area (TPSA) is 41.5 Å². The third kappa shape index (κ3) is 2.88. The van der Waals surface area contributed by atoms with Crippen molar-refractivity contribution in [2.45, 2.75) is 31.6 Å². The Hall–Kier alpha value is -0.770. The Labute approximate surface area is 100 Å². The number of aliphatic hydroxyl groups excluding tert-OH is 1. The average Bonchev–Trinajstić information content (AvgIpc) is 2.66. The lowest BCUT2D eigenvalue weighted by Crippen LogP contribution is -2.32. The van der Waals surface area contributed by atoms with Gasteiger partial charge >= 0.3 is 0 Å². The Kier molecular flexibility index (Phi) is 3.69. The molecular formula is C12H16ClNO2. The summed E-state index contributed by atoms with van der Waals surface area (Å²) in [6.07, 6.45) is 0.593. The molecule has 1 heterocycles. The van der Waals surface area contributed by atoms with Gasteiger partial charge in [0.25, 0.3) is 0 Å². The number of aliphatic hydroxyl groups is 1. The van der Waals surface area contributed by atoms with Crippen molar-refractivity contribution in [3.63, 3.8) is 0 Å². The van der Waals surface area contributed by atoms with Gasteiger partial charge < -0.3 is 15.2 Å². The molecule has 1 aromatic rings. The van der Waals surface area contributed by atoms with Gasteiger partial charge in [0.05, 0.1) is 6.10 Å². The van der Waals surface area contributed by atoms with E-state index in [0.717, 1.165) is 18.7 Å². The minimum absolute atomic E-state index is 0.109. The van der Waals surface area contributed by atoms with E-state index in [1.807, 2.05) is 18.2 Å². The molecule has 0 bridgehead atoms. The second-order valence-electron chi connectivity index (χ2n) is 4.19. The maximum Gasteiger partial charge on any atom is 0.121 e. The summed E-state index contributed by atoms with van der Waals surface area (Å²) in [5.41, 5.74) is 0. The number of halogens is 1. The highest BCUT2D eigenvalue weighted by molar-refractivity contribution is 6.30. The minimum Gasteiger partial charge on any atom is -0.489 e. The van der Waals surface area contributed by atoms with Gasteiger partial charge in [-0.3, -0.25) is 0 Å². The molecule has 0 amide bonds. The molecule has 3 unspecified atom stereocenters. The molecule has 1 aromatic carbocycles. The van der Waals surface area contributed by atoms with Crippen LogP contribution in [0.3, 0.4) is 0 Å². The lowest BCUT2D eigenvalue weighted by molar-refractivity contribution is 0.144. The summed E-state index contributed by atoms with van der Waals surface area (Å²) in [6.45, 7) is 2.56. The van der Waals surface area contributed by atoms with Crippen LogP contribution in [-0.4, -0.2) is 29.9 Å². The second-order valence-corrected chi connectivity index (χ2v) is 4.62. The van der Waals surface area contributed by atoms with Gasteiger partial charge in [0.1, 0.15) is 11.9 Å². The monoisotopic (exact) mass is 241 g/mol. The molecule has 1 aliphatic rings. The molecule has 88 valence electrons. The molecular weight excluding hydrogens is 226 g/mol. The van der Waals surface area contributed by atoms with E-state index in [2.05, 4.69) is 5.32 Å². The normalized spacial score (nSPS) is 26.7. The van der Waals surface area contributed by atoms with Crippen molar-refractivity contribution in [2.24, 2.45) is 0 Å². The number of benzene rings is 1. The van der Waals surface area contributed by atoms with Crippen LogP contribution in [0.1, 0.15) is 13.3 Å². The molecule has 2 N–H and O–H groups in total. The van der Waals surface area contributed by atoms with Gasteiger partial charge in [0, 0.05) is 24.0 Å². The van der Waals surface area contributed by atoms with Crippen LogP contribution in [0.15, 0.2) is 24.3 Å².